The molecule has 0 heterocycles. The maximum Gasteiger partial charge on any atom is 0.237 e. The average molecular weight is 186 g/mol. The maximum absolute atomic E-state index is 11.3. The van der Waals surface area contributed by atoms with Crippen LogP contribution in [0.25, 0.3) is 0 Å². The molecule has 13 heavy (non-hydrogen) atoms. The van der Waals surface area contributed by atoms with Gasteiger partial charge in [0, 0.05) is 0 Å². The summed E-state index contributed by atoms with van der Waals surface area (Å²) >= 11 is 0. The van der Waals surface area contributed by atoms with Crippen LogP contribution in [0.4, 0.5) is 0 Å². The molecule has 0 unspecified atom stereocenters. The van der Waals surface area contributed by atoms with Crippen LogP contribution in [-0.4, -0.2) is 24.3 Å². The molecule has 0 aliphatic heterocycles. The lowest BCUT2D eigenvalue weighted by molar-refractivity contribution is -0.125. The van der Waals surface area contributed by atoms with Gasteiger partial charge in [0.05, 0.1) is 12.1 Å². The molecule has 0 aromatic carbocycles. The Bertz CT molecular complexity index is 180. The van der Waals surface area contributed by atoms with E-state index in [-0.39, 0.29) is 11.8 Å². The summed E-state index contributed by atoms with van der Waals surface area (Å²) < 4.78 is 0. The third-order valence-electron chi connectivity index (χ3n) is 1.95. The number of hydrogen-bond acceptors (Lipinski definition) is 3. The Morgan fingerprint density at radius 3 is 2.38 bits per heavy atom. The van der Waals surface area contributed by atoms with E-state index in [0.29, 0.717) is 6.42 Å². The van der Waals surface area contributed by atoms with Gasteiger partial charge in [0.25, 0.3) is 0 Å². The molecular formula is C9H18N2O2. The van der Waals surface area contributed by atoms with Crippen LogP contribution in [0.5, 0.6) is 0 Å². The van der Waals surface area contributed by atoms with Crippen LogP contribution in [0.1, 0.15) is 27.2 Å². The molecule has 0 aliphatic rings. The number of hydrogen-bond donors (Lipinski definition) is 2. The van der Waals surface area contributed by atoms with Crippen molar-refractivity contribution in [3.63, 3.8) is 0 Å². The molecule has 76 valence electrons. The van der Waals surface area contributed by atoms with Gasteiger partial charge in [0.1, 0.15) is 6.29 Å². The Kier molecular flexibility index (Phi) is 5.30. The van der Waals surface area contributed by atoms with Gasteiger partial charge in [-0.3, -0.25) is 4.79 Å². The zero-order valence-electron chi connectivity index (χ0n) is 8.41. The third kappa shape index (κ3) is 4.03. The Balaban J connectivity index is 4.08. The molecule has 0 saturated heterocycles. The molecule has 3 N–H and O–H groups in total. The average Bonchev–Trinajstić information content (AvgIpc) is 2.11. The number of rotatable bonds is 5. The lowest BCUT2D eigenvalue weighted by Crippen LogP contribution is -2.47. The van der Waals surface area contributed by atoms with Gasteiger partial charge >= 0.3 is 0 Å². The lowest BCUT2D eigenvalue weighted by Gasteiger charge is -2.18. The van der Waals surface area contributed by atoms with Crippen LogP contribution < -0.4 is 11.1 Å². The molecule has 0 rings (SSSR count). The highest BCUT2D eigenvalue weighted by Crippen LogP contribution is 1.99. The molecule has 0 spiro atoms. The van der Waals surface area contributed by atoms with E-state index < -0.39 is 12.1 Å². The molecule has 4 nitrogen and oxygen atoms in total. The minimum Gasteiger partial charge on any atom is -0.345 e. The predicted molar refractivity (Wildman–Crippen MR) is 51.1 cm³/mol. The molecule has 4 heteroatoms. The van der Waals surface area contributed by atoms with Gasteiger partial charge < -0.3 is 15.8 Å². The smallest absolute Gasteiger partial charge is 0.237 e. The zero-order chi connectivity index (χ0) is 10.4. The molecule has 0 radical (unpaired) electrons. The quantitative estimate of drug-likeness (QED) is 0.596. The van der Waals surface area contributed by atoms with E-state index in [9.17, 15) is 9.59 Å². The van der Waals surface area contributed by atoms with Crippen molar-refractivity contribution in [3.8, 4) is 0 Å². The van der Waals surface area contributed by atoms with Gasteiger partial charge in [-0.1, -0.05) is 20.8 Å². The number of carbonyl (C=O) groups is 2. The SMILES string of the molecule is CC[C@H](N)C(=O)N[C@H](C=O)C(C)C. The van der Waals surface area contributed by atoms with E-state index in [2.05, 4.69) is 5.32 Å². The first kappa shape index (κ1) is 12.1. The summed E-state index contributed by atoms with van der Waals surface area (Å²) in [5.74, 6) is -0.154. The minimum absolute atomic E-state index is 0.102. The fourth-order valence-corrected chi connectivity index (χ4v) is 0.815. The highest BCUT2D eigenvalue weighted by molar-refractivity contribution is 5.84. The van der Waals surface area contributed by atoms with Crippen LogP contribution in [0, 0.1) is 5.92 Å². The van der Waals surface area contributed by atoms with Gasteiger partial charge in [0.15, 0.2) is 0 Å². The maximum atomic E-state index is 11.3. The summed E-state index contributed by atoms with van der Waals surface area (Å²) in [6.07, 6.45) is 1.32. The first-order valence-electron chi connectivity index (χ1n) is 4.54. The largest absolute Gasteiger partial charge is 0.345 e. The standard InChI is InChI=1S/C9H18N2O2/c1-4-7(10)9(13)11-8(5-12)6(2)3/h5-8H,4,10H2,1-3H3,(H,11,13)/t7-,8+/m0/s1. The van der Waals surface area contributed by atoms with E-state index in [1.807, 2.05) is 20.8 Å². The van der Waals surface area contributed by atoms with E-state index in [0.717, 1.165) is 6.29 Å². The van der Waals surface area contributed by atoms with Crippen molar-refractivity contribution in [2.24, 2.45) is 11.7 Å². The van der Waals surface area contributed by atoms with Crippen LogP contribution >= 0.6 is 0 Å². The molecule has 0 bridgehead atoms. The first-order valence-corrected chi connectivity index (χ1v) is 4.54. The van der Waals surface area contributed by atoms with Crippen molar-refractivity contribution < 1.29 is 9.59 Å². The zero-order valence-corrected chi connectivity index (χ0v) is 8.41. The summed E-state index contributed by atoms with van der Waals surface area (Å²) in [6, 6.07) is -0.939. The Morgan fingerprint density at radius 1 is 1.54 bits per heavy atom. The molecule has 0 fully saturated rings. The number of nitrogens with two attached hydrogens (primary N) is 1. The summed E-state index contributed by atoms with van der Waals surface area (Å²) in [5.41, 5.74) is 5.49. The molecule has 0 aliphatic carbocycles. The Hall–Kier alpha value is -0.900. The van der Waals surface area contributed by atoms with Gasteiger partial charge in [-0.05, 0) is 12.3 Å². The van der Waals surface area contributed by atoms with E-state index in [4.69, 9.17) is 5.73 Å². The second kappa shape index (κ2) is 5.70. The van der Waals surface area contributed by atoms with Crippen molar-refractivity contribution in [1.82, 2.24) is 5.32 Å². The topological polar surface area (TPSA) is 72.2 Å². The van der Waals surface area contributed by atoms with Crippen molar-refractivity contribution >= 4 is 12.2 Å². The summed E-state index contributed by atoms with van der Waals surface area (Å²) in [5, 5.41) is 2.58. The molecule has 1 amide bonds. The molecule has 0 aromatic rings. The van der Waals surface area contributed by atoms with Crippen molar-refractivity contribution in [3.05, 3.63) is 0 Å². The Morgan fingerprint density at radius 2 is 2.08 bits per heavy atom. The van der Waals surface area contributed by atoms with Gasteiger partial charge in [0.2, 0.25) is 5.91 Å². The van der Waals surface area contributed by atoms with E-state index in [1.54, 1.807) is 0 Å². The minimum atomic E-state index is -0.513. The van der Waals surface area contributed by atoms with Gasteiger partial charge in [-0.2, -0.15) is 0 Å². The highest BCUT2D eigenvalue weighted by atomic mass is 16.2. The van der Waals surface area contributed by atoms with Crippen LogP contribution in [0.15, 0.2) is 0 Å². The molecular weight excluding hydrogens is 168 g/mol. The fraction of sp³-hybridized carbons (Fsp3) is 0.778. The normalized spacial score (nSPS) is 15.2. The van der Waals surface area contributed by atoms with Crippen molar-refractivity contribution in [2.75, 3.05) is 0 Å². The highest BCUT2D eigenvalue weighted by Gasteiger charge is 2.18. The lowest BCUT2D eigenvalue weighted by atomic mass is 10.1. The predicted octanol–water partition coefficient (Wildman–Crippen LogP) is 0.0634. The van der Waals surface area contributed by atoms with Crippen molar-refractivity contribution in [1.29, 1.82) is 0 Å². The van der Waals surface area contributed by atoms with Crippen LogP contribution in [0.3, 0.4) is 0 Å². The van der Waals surface area contributed by atoms with Crippen LogP contribution in [0.2, 0.25) is 0 Å². The van der Waals surface area contributed by atoms with Crippen molar-refractivity contribution in [2.45, 2.75) is 39.3 Å². The molecule has 0 aromatic heterocycles. The third-order valence-corrected chi connectivity index (χ3v) is 1.95. The first-order chi connectivity index (χ1) is 6.02. The number of amides is 1. The fourth-order valence-electron chi connectivity index (χ4n) is 0.815. The number of nitrogens with one attached hydrogen (secondary N) is 1. The van der Waals surface area contributed by atoms with Gasteiger partial charge in [-0.25, -0.2) is 0 Å². The molecule has 2 atom stereocenters. The summed E-state index contributed by atoms with van der Waals surface area (Å²) in [6.45, 7) is 5.57. The molecule has 0 saturated carbocycles. The Labute approximate surface area is 78.9 Å². The number of aldehydes is 1. The summed E-state index contributed by atoms with van der Waals surface area (Å²) in [4.78, 5) is 21.8. The number of carbonyl (C=O) groups excluding carboxylic acids is 2. The van der Waals surface area contributed by atoms with E-state index >= 15 is 0 Å². The van der Waals surface area contributed by atoms with Gasteiger partial charge in [-0.15, -0.1) is 0 Å². The summed E-state index contributed by atoms with van der Waals surface area (Å²) in [7, 11) is 0. The second-order valence-corrected chi connectivity index (χ2v) is 3.43. The second-order valence-electron chi connectivity index (χ2n) is 3.43. The van der Waals surface area contributed by atoms with Crippen LogP contribution in [-0.2, 0) is 9.59 Å². The monoisotopic (exact) mass is 186 g/mol. The van der Waals surface area contributed by atoms with E-state index in [1.165, 1.54) is 0 Å².